The number of allylic oxidation sites excluding steroid dienone is 2. The lowest BCUT2D eigenvalue weighted by Crippen LogP contribution is -2.14. The summed E-state index contributed by atoms with van der Waals surface area (Å²) < 4.78 is 38.3. The zero-order chi connectivity index (χ0) is 23.0. The number of sulfonamides is 1. The standard InChI is InChI=1S/C21H20Cl2N2O5S/c1-4-29-21(26)19-12-17(25-31(27,28)18-8-5-15(22)6-9-18)7-10-20(19)30-14(2)11-16(23)13-24-3/h5-13,25H,2,4H2,1,3H3. The van der Waals surface area contributed by atoms with E-state index < -0.39 is 16.0 Å². The fourth-order valence-electron chi connectivity index (χ4n) is 2.36. The first-order valence-electron chi connectivity index (χ1n) is 8.92. The molecule has 10 heteroatoms. The molecule has 2 rings (SSSR count). The molecule has 0 bridgehead atoms. The Kier molecular flexibility index (Phi) is 8.67. The van der Waals surface area contributed by atoms with Crippen LogP contribution in [0.3, 0.4) is 0 Å². The lowest BCUT2D eigenvalue weighted by molar-refractivity contribution is 0.0523. The average molecular weight is 483 g/mol. The fraction of sp³-hybridized carbons (Fsp3) is 0.143. The van der Waals surface area contributed by atoms with Gasteiger partial charge in [-0.15, -0.1) is 0 Å². The van der Waals surface area contributed by atoms with Crippen LogP contribution in [0.15, 0.2) is 75.8 Å². The molecule has 0 atom stereocenters. The van der Waals surface area contributed by atoms with E-state index in [1.807, 2.05) is 0 Å². The van der Waals surface area contributed by atoms with Gasteiger partial charge < -0.3 is 9.47 Å². The van der Waals surface area contributed by atoms with Crippen molar-refractivity contribution >= 4 is 51.1 Å². The van der Waals surface area contributed by atoms with Gasteiger partial charge in [-0.2, -0.15) is 0 Å². The Morgan fingerprint density at radius 1 is 1.23 bits per heavy atom. The molecule has 0 fully saturated rings. The number of carbonyl (C=O) groups is 1. The van der Waals surface area contributed by atoms with Gasteiger partial charge in [-0.05, 0) is 49.4 Å². The van der Waals surface area contributed by atoms with Gasteiger partial charge >= 0.3 is 5.97 Å². The number of rotatable bonds is 9. The van der Waals surface area contributed by atoms with E-state index in [4.69, 9.17) is 32.7 Å². The van der Waals surface area contributed by atoms with E-state index in [1.54, 1.807) is 14.0 Å². The predicted octanol–water partition coefficient (Wildman–Crippen LogP) is 5.03. The minimum absolute atomic E-state index is 0.00740. The first-order chi connectivity index (χ1) is 14.7. The zero-order valence-corrected chi connectivity index (χ0v) is 19.1. The van der Waals surface area contributed by atoms with Crippen molar-refractivity contribution < 1.29 is 22.7 Å². The maximum atomic E-state index is 12.6. The Labute approximate surface area is 191 Å². The molecule has 31 heavy (non-hydrogen) atoms. The number of nitrogens with zero attached hydrogens (tertiary/aromatic N) is 1. The van der Waals surface area contributed by atoms with E-state index in [1.165, 1.54) is 54.8 Å². The molecule has 1 N–H and O–H groups in total. The Bertz CT molecular complexity index is 1130. The van der Waals surface area contributed by atoms with Gasteiger partial charge in [-0.1, -0.05) is 29.8 Å². The third kappa shape index (κ3) is 7.13. The van der Waals surface area contributed by atoms with Crippen molar-refractivity contribution in [2.24, 2.45) is 4.99 Å². The highest BCUT2D eigenvalue weighted by molar-refractivity contribution is 7.92. The molecule has 0 amide bonds. The predicted molar refractivity (Wildman–Crippen MR) is 123 cm³/mol. The smallest absolute Gasteiger partial charge is 0.342 e. The first kappa shape index (κ1) is 24.5. The van der Waals surface area contributed by atoms with Crippen LogP contribution in [0.4, 0.5) is 5.69 Å². The highest BCUT2D eigenvalue weighted by Crippen LogP contribution is 2.27. The Morgan fingerprint density at radius 3 is 2.52 bits per heavy atom. The molecular weight excluding hydrogens is 463 g/mol. The number of anilines is 1. The number of halogens is 2. The highest BCUT2D eigenvalue weighted by Gasteiger charge is 2.19. The Hall–Kier alpha value is -2.81. The van der Waals surface area contributed by atoms with Crippen LogP contribution >= 0.6 is 23.2 Å². The summed E-state index contributed by atoms with van der Waals surface area (Å²) in [7, 11) is -2.35. The van der Waals surface area contributed by atoms with E-state index in [0.717, 1.165) is 0 Å². The summed E-state index contributed by atoms with van der Waals surface area (Å²) in [5.41, 5.74) is 0.149. The number of aliphatic imine (C=N–C) groups is 1. The molecule has 0 unspecified atom stereocenters. The molecule has 2 aromatic carbocycles. The van der Waals surface area contributed by atoms with Crippen molar-refractivity contribution in [1.29, 1.82) is 0 Å². The van der Waals surface area contributed by atoms with Gasteiger partial charge in [0.05, 0.1) is 16.5 Å². The highest BCUT2D eigenvalue weighted by atomic mass is 35.5. The molecule has 0 aliphatic carbocycles. The summed E-state index contributed by atoms with van der Waals surface area (Å²) in [5, 5.41) is 0.683. The molecule has 0 spiro atoms. The number of esters is 1. The second-order valence-corrected chi connectivity index (χ2v) is 8.53. The molecular formula is C21H20Cl2N2O5S. The van der Waals surface area contributed by atoms with E-state index in [0.29, 0.717) is 5.02 Å². The van der Waals surface area contributed by atoms with Crippen LogP contribution in [0.1, 0.15) is 17.3 Å². The molecule has 0 heterocycles. The molecule has 2 aromatic rings. The summed E-state index contributed by atoms with van der Waals surface area (Å²) in [6.07, 6.45) is 2.82. The van der Waals surface area contributed by atoms with E-state index in [2.05, 4.69) is 16.3 Å². The molecule has 7 nitrogen and oxygen atoms in total. The molecule has 0 saturated heterocycles. The molecule has 0 saturated carbocycles. The van der Waals surface area contributed by atoms with Crippen molar-refractivity contribution in [1.82, 2.24) is 0 Å². The van der Waals surface area contributed by atoms with Crippen LogP contribution in [-0.2, 0) is 14.8 Å². The van der Waals surface area contributed by atoms with Crippen molar-refractivity contribution in [3.63, 3.8) is 0 Å². The van der Waals surface area contributed by atoms with Crippen molar-refractivity contribution in [3.05, 3.63) is 76.5 Å². The van der Waals surface area contributed by atoms with Crippen LogP contribution in [0.25, 0.3) is 0 Å². The van der Waals surface area contributed by atoms with E-state index in [-0.39, 0.29) is 39.3 Å². The van der Waals surface area contributed by atoms with Gasteiger partial charge in [0, 0.05) is 30.0 Å². The summed E-state index contributed by atoms with van der Waals surface area (Å²) in [4.78, 5) is 16.2. The van der Waals surface area contributed by atoms with Crippen LogP contribution < -0.4 is 9.46 Å². The number of hydrogen-bond donors (Lipinski definition) is 1. The minimum atomic E-state index is -3.90. The summed E-state index contributed by atoms with van der Waals surface area (Å²) >= 11 is 11.8. The molecule has 0 aromatic heterocycles. The third-order valence-electron chi connectivity index (χ3n) is 3.64. The number of benzene rings is 2. The van der Waals surface area contributed by atoms with Gasteiger partial charge in [0.2, 0.25) is 0 Å². The average Bonchev–Trinajstić information content (AvgIpc) is 2.69. The van der Waals surface area contributed by atoms with Crippen molar-refractivity contribution in [2.45, 2.75) is 11.8 Å². The van der Waals surface area contributed by atoms with Crippen molar-refractivity contribution in [3.8, 4) is 5.75 Å². The monoisotopic (exact) mass is 482 g/mol. The van der Waals surface area contributed by atoms with Crippen LogP contribution in [0, 0.1) is 0 Å². The third-order valence-corrected chi connectivity index (χ3v) is 5.50. The van der Waals surface area contributed by atoms with E-state index >= 15 is 0 Å². The normalized spacial score (nSPS) is 11.9. The number of ether oxygens (including phenoxy) is 2. The summed E-state index contributed by atoms with van der Waals surface area (Å²) in [6.45, 7) is 5.50. The number of hydrogen-bond acceptors (Lipinski definition) is 6. The van der Waals surface area contributed by atoms with Gasteiger partial charge in [-0.3, -0.25) is 9.71 Å². The summed E-state index contributed by atoms with van der Waals surface area (Å²) in [5.74, 6) is -0.431. The van der Waals surface area contributed by atoms with Gasteiger partial charge in [0.25, 0.3) is 10.0 Å². The second-order valence-electron chi connectivity index (χ2n) is 5.98. The van der Waals surface area contributed by atoms with Crippen LogP contribution in [0.2, 0.25) is 5.02 Å². The van der Waals surface area contributed by atoms with E-state index in [9.17, 15) is 13.2 Å². The molecule has 0 aliphatic heterocycles. The second kappa shape index (κ2) is 11.0. The topological polar surface area (TPSA) is 94.1 Å². The first-order valence-corrected chi connectivity index (χ1v) is 11.2. The summed E-state index contributed by atoms with van der Waals surface area (Å²) in [6, 6.07) is 9.84. The maximum absolute atomic E-state index is 12.6. The van der Waals surface area contributed by atoms with Gasteiger partial charge in [0.15, 0.2) is 0 Å². The Balaban J connectivity index is 2.36. The SMILES string of the molecule is C=C(C=C(Cl)C=NC)Oc1ccc(NS(=O)(=O)c2ccc(Cl)cc2)cc1C(=O)OCC. The number of carbonyl (C=O) groups excluding carboxylic acids is 1. The lowest BCUT2D eigenvalue weighted by Gasteiger charge is -2.14. The molecule has 0 aliphatic rings. The lowest BCUT2D eigenvalue weighted by atomic mass is 10.2. The molecule has 0 radical (unpaired) electrons. The fourth-order valence-corrected chi connectivity index (χ4v) is 3.76. The Morgan fingerprint density at radius 2 is 1.90 bits per heavy atom. The largest absolute Gasteiger partial charge is 0.462 e. The molecule has 164 valence electrons. The van der Waals surface area contributed by atoms with Gasteiger partial charge in [-0.25, -0.2) is 13.2 Å². The maximum Gasteiger partial charge on any atom is 0.342 e. The quantitative estimate of drug-likeness (QED) is 0.234. The van der Waals surface area contributed by atoms with Crippen molar-refractivity contribution in [2.75, 3.05) is 18.4 Å². The van der Waals surface area contributed by atoms with Crippen LogP contribution in [0.5, 0.6) is 5.75 Å². The zero-order valence-electron chi connectivity index (χ0n) is 16.8. The minimum Gasteiger partial charge on any atom is -0.462 e. The van der Waals surface area contributed by atoms with Gasteiger partial charge in [0.1, 0.15) is 17.1 Å². The van der Waals surface area contributed by atoms with Crippen LogP contribution in [-0.4, -0.2) is 34.3 Å². The number of nitrogens with one attached hydrogen (secondary N) is 1.